The van der Waals surface area contributed by atoms with E-state index in [1.54, 1.807) is 11.3 Å². The zero-order chi connectivity index (χ0) is 13.1. The maximum atomic E-state index is 11.1. The highest BCUT2D eigenvalue weighted by Gasteiger charge is 2.20. The van der Waals surface area contributed by atoms with Gasteiger partial charge in [-0.2, -0.15) is 0 Å². The fourth-order valence-corrected chi connectivity index (χ4v) is 2.83. The van der Waals surface area contributed by atoms with Crippen molar-refractivity contribution in [1.82, 2.24) is 5.32 Å². The fraction of sp³-hybridized carbons (Fsp3) is 0.231. The average Bonchev–Trinajstić information content (AvgIpc) is 2.71. The van der Waals surface area contributed by atoms with Crippen molar-refractivity contribution < 1.29 is 14.7 Å². The van der Waals surface area contributed by atoms with Gasteiger partial charge in [-0.3, -0.25) is 4.79 Å². The number of hydrogen-bond acceptors (Lipinski definition) is 3. The molecule has 0 bridgehead atoms. The molecule has 1 amide bonds. The molecule has 0 saturated carbocycles. The summed E-state index contributed by atoms with van der Waals surface area (Å²) in [6.45, 7) is 1.32. The molecule has 0 fully saturated rings. The fourth-order valence-electron chi connectivity index (χ4n) is 1.86. The highest BCUT2D eigenvalue weighted by atomic mass is 32.1. The maximum absolute atomic E-state index is 11.1. The van der Waals surface area contributed by atoms with E-state index in [1.807, 2.05) is 29.6 Å². The smallest absolute Gasteiger partial charge is 0.326 e. The summed E-state index contributed by atoms with van der Waals surface area (Å²) < 4.78 is 1.12. The molecule has 1 aromatic heterocycles. The third kappa shape index (κ3) is 2.68. The minimum atomic E-state index is -1.01. The Labute approximate surface area is 108 Å². The molecule has 18 heavy (non-hydrogen) atoms. The van der Waals surface area contributed by atoms with Gasteiger partial charge >= 0.3 is 5.97 Å². The summed E-state index contributed by atoms with van der Waals surface area (Å²) in [5, 5.41) is 14.5. The Morgan fingerprint density at radius 1 is 1.39 bits per heavy atom. The number of rotatable bonds is 4. The van der Waals surface area contributed by atoms with E-state index in [4.69, 9.17) is 5.11 Å². The van der Waals surface area contributed by atoms with Crippen LogP contribution in [0.15, 0.2) is 29.6 Å². The number of aliphatic carboxylic acids is 1. The van der Waals surface area contributed by atoms with Crippen molar-refractivity contribution in [2.24, 2.45) is 0 Å². The number of nitrogens with one attached hydrogen (secondary N) is 1. The number of carboxylic acid groups (broad SMARTS) is 1. The first-order valence-corrected chi connectivity index (χ1v) is 6.41. The molecule has 2 N–H and O–H groups in total. The van der Waals surface area contributed by atoms with E-state index in [-0.39, 0.29) is 5.91 Å². The molecule has 1 heterocycles. The lowest BCUT2D eigenvalue weighted by Crippen LogP contribution is -2.41. The van der Waals surface area contributed by atoms with Crippen molar-refractivity contribution >= 4 is 33.3 Å². The quantitative estimate of drug-likeness (QED) is 0.887. The molecule has 0 radical (unpaired) electrons. The van der Waals surface area contributed by atoms with Crippen LogP contribution in [0.4, 0.5) is 0 Å². The molecule has 2 aromatic rings. The van der Waals surface area contributed by atoms with Crippen LogP contribution in [0.25, 0.3) is 10.1 Å². The summed E-state index contributed by atoms with van der Waals surface area (Å²) in [5.74, 6) is -1.34. The molecule has 0 aliphatic heterocycles. The van der Waals surface area contributed by atoms with Crippen LogP contribution in [-0.4, -0.2) is 23.0 Å². The number of carboxylic acids is 1. The number of hydrogen-bond donors (Lipinski definition) is 2. The molecule has 1 aromatic carbocycles. The molecular weight excluding hydrogens is 250 g/mol. The Balaban J connectivity index is 2.26. The summed E-state index contributed by atoms with van der Waals surface area (Å²) in [6.07, 6.45) is 0.304. The number of carbonyl (C=O) groups is 2. The van der Waals surface area contributed by atoms with Gasteiger partial charge in [-0.15, -0.1) is 11.3 Å². The number of amides is 1. The number of benzene rings is 1. The first-order valence-electron chi connectivity index (χ1n) is 5.53. The van der Waals surface area contributed by atoms with Gasteiger partial charge in [-0.25, -0.2) is 4.79 Å². The monoisotopic (exact) mass is 263 g/mol. The van der Waals surface area contributed by atoms with Gasteiger partial charge in [0.2, 0.25) is 5.91 Å². The first kappa shape index (κ1) is 12.6. The number of fused-ring (bicyclic) bond motifs is 1. The predicted molar refractivity (Wildman–Crippen MR) is 70.8 cm³/mol. The van der Waals surface area contributed by atoms with Crippen LogP contribution in [0, 0.1) is 0 Å². The summed E-state index contributed by atoms with van der Waals surface area (Å²) in [7, 11) is 0. The van der Waals surface area contributed by atoms with Crippen molar-refractivity contribution in [2.45, 2.75) is 19.4 Å². The van der Waals surface area contributed by atoms with Crippen LogP contribution in [0.5, 0.6) is 0 Å². The van der Waals surface area contributed by atoms with Gasteiger partial charge < -0.3 is 10.4 Å². The second kappa shape index (κ2) is 5.18. The Bertz CT molecular complexity index is 591. The van der Waals surface area contributed by atoms with Crippen LogP contribution in [0.1, 0.15) is 12.5 Å². The van der Waals surface area contributed by atoms with E-state index >= 15 is 0 Å². The van der Waals surface area contributed by atoms with Gasteiger partial charge in [0.1, 0.15) is 6.04 Å². The van der Waals surface area contributed by atoms with Crippen LogP contribution in [0.2, 0.25) is 0 Å². The molecule has 1 unspecified atom stereocenters. The molecule has 4 nitrogen and oxygen atoms in total. The molecule has 0 saturated heterocycles. The molecular formula is C13H13NO3S. The SMILES string of the molecule is CC(=O)NC(Cc1csc2ccccc12)C(=O)O. The van der Waals surface area contributed by atoms with Gasteiger partial charge in [0, 0.05) is 18.0 Å². The highest BCUT2D eigenvalue weighted by molar-refractivity contribution is 7.17. The van der Waals surface area contributed by atoms with Crippen LogP contribution in [-0.2, 0) is 16.0 Å². The zero-order valence-corrected chi connectivity index (χ0v) is 10.7. The molecule has 1 atom stereocenters. The van der Waals surface area contributed by atoms with Gasteiger partial charge in [-0.1, -0.05) is 18.2 Å². The van der Waals surface area contributed by atoms with E-state index in [9.17, 15) is 9.59 Å². The van der Waals surface area contributed by atoms with E-state index in [1.165, 1.54) is 6.92 Å². The minimum Gasteiger partial charge on any atom is -0.480 e. The van der Waals surface area contributed by atoms with Crippen molar-refractivity contribution in [3.05, 3.63) is 35.2 Å². The topological polar surface area (TPSA) is 66.4 Å². The van der Waals surface area contributed by atoms with Crippen molar-refractivity contribution in [3.63, 3.8) is 0 Å². The van der Waals surface area contributed by atoms with E-state index in [2.05, 4.69) is 5.32 Å². The molecule has 0 spiro atoms. The number of thiophene rings is 1. The number of carbonyl (C=O) groups excluding carboxylic acids is 1. The Morgan fingerprint density at radius 3 is 2.78 bits per heavy atom. The summed E-state index contributed by atoms with van der Waals surface area (Å²) in [4.78, 5) is 22.1. The Morgan fingerprint density at radius 2 is 2.11 bits per heavy atom. The Hall–Kier alpha value is -1.88. The molecule has 2 rings (SSSR count). The van der Waals surface area contributed by atoms with Crippen molar-refractivity contribution in [2.75, 3.05) is 0 Å². The third-order valence-electron chi connectivity index (χ3n) is 2.66. The first-order chi connectivity index (χ1) is 8.58. The van der Waals surface area contributed by atoms with Gasteiger partial charge in [-0.05, 0) is 22.4 Å². The molecule has 94 valence electrons. The van der Waals surface area contributed by atoms with Crippen molar-refractivity contribution in [3.8, 4) is 0 Å². The van der Waals surface area contributed by atoms with E-state index < -0.39 is 12.0 Å². The van der Waals surface area contributed by atoms with E-state index in [0.717, 1.165) is 15.6 Å². The lowest BCUT2D eigenvalue weighted by atomic mass is 10.1. The Kier molecular flexibility index (Phi) is 3.62. The maximum Gasteiger partial charge on any atom is 0.326 e. The summed E-state index contributed by atoms with van der Waals surface area (Å²) >= 11 is 1.58. The standard InChI is InChI=1S/C13H13NO3S/c1-8(15)14-11(13(16)17)6-9-7-18-12-5-3-2-4-10(9)12/h2-5,7,11H,6H2,1H3,(H,14,15)(H,16,17). The van der Waals surface area contributed by atoms with Gasteiger partial charge in [0.15, 0.2) is 0 Å². The summed E-state index contributed by atoms with van der Waals surface area (Å²) in [5.41, 5.74) is 0.955. The largest absolute Gasteiger partial charge is 0.480 e. The van der Waals surface area contributed by atoms with Gasteiger partial charge in [0.25, 0.3) is 0 Å². The van der Waals surface area contributed by atoms with Crippen LogP contribution >= 0.6 is 11.3 Å². The minimum absolute atomic E-state index is 0.304. The van der Waals surface area contributed by atoms with Crippen molar-refractivity contribution in [1.29, 1.82) is 0 Å². The molecule has 0 aliphatic rings. The molecule has 5 heteroatoms. The van der Waals surface area contributed by atoms with Gasteiger partial charge in [0.05, 0.1) is 0 Å². The molecule has 0 aliphatic carbocycles. The third-order valence-corrected chi connectivity index (χ3v) is 3.67. The van der Waals surface area contributed by atoms with Crippen LogP contribution < -0.4 is 5.32 Å². The van der Waals surface area contributed by atoms with Crippen LogP contribution in [0.3, 0.4) is 0 Å². The normalized spacial score (nSPS) is 12.3. The highest BCUT2D eigenvalue weighted by Crippen LogP contribution is 2.26. The lowest BCUT2D eigenvalue weighted by Gasteiger charge is -2.12. The van der Waals surface area contributed by atoms with E-state index in [0.29, 0.717) is 6.42 Å². The summed E-state index contributed by atoms with van der Waals surface area (Å²) in [6, 6.07) is 6.96. The average molecular weight is 263 g/mol. The predicted octanol–water partition coefficient (Wildman–Crippen LogP) is 2.03. The zero-order valence-electron chi connectivity index (χ0n) is 9.84. The second-order valence-electron chi connectivity index (χ2n) is 4.05. The lowest BCUT2D eigenvalue weighted by molar-refractivity contribution is -0.141. The second-order valence-corrected chi connectivity index (χ2v) is 4.96.